The van der Waals surface area contributed by atoms with Crippen LogP contribution in [0.4, 0.5) is 0 Å². The van der Waals surface area contributed by atoms with Gasteiger partial charge in [0.2, 0.25) is 0 Å². The first kappa shape index (κ1) is 11.7. The molecule has 1 aromatic rings. The molecule has 0 spiro atoms. The van der Waals surface area contributed by atoms with E-state index in [1.54, 1.807) is 30.3 Å². The van der Waals surface area contributed by atoms with E-state index in [2.05, 4.69) is 0 Å². The second-order valence-corrected chi connectivity index (χ2v) is 4.59. The largest absolute Gasteiger partial charge is 0.511 e. The smallest absolute Gasteiger partial charge is 0.178 e. The van der Waals surface area contributed by atoms with E-state index in [9.17, 15) is 15.0 Å². The predicted octanol–water partition coefficient (Wildman–Crippen LogP) is 2.14. The first-order chi connectivity index (χ1) is 9.13. The molecule has 0 aromatic heterocycles. The fourth-order valence-electron chi connectivity index (χ4n) is 2.53. The van der Waals surface area contributed by atoms with Crippen molar-refractivity contribution < 1.29 is 20.1 Å². The summed E-state index contributed by atoms with van der Waals surface area (Å²) in [5.41, 5.74) is 1.79. The van der Waals surface area contributed by atoms with Crippen molar-refractivity contribution in [1.82, 2.24) is 0 Å². The molecule has 2 aliphatic rings. The van der Waals surface area contributed by atoms with Crippen LogP contribution in [0, 0.1) is 5.92 Å². The third-order valence-electron chi connectivity index (χ3n) is 3.48. The number of carbonyl (C=O) groups excluding carboxylic acids is 1. The van der Waals surface area contributed by atoms with E-state index in [1.807, 2.05) is 0 Å². The van der Waals surface area contributed by atoms with Crippen LogP contribution in [0.15, 0.2) is 53.0 Å². The van der Waals surface area contributed by atoms with Gasteiger partial charge in [-0.05, 0) is 17.7 Å². The molecule has 0 unspecified atom stereocenters. The number of hydrogen-bond acceptors (Lipinski definition) is 4. The number of allylic oxidation sites excluding steroid dienone is 2. The van der Waals surface area contributed by atoms with Crippen molar-refractivity contribution in [2.24, 2.45) is 5.92 Å². The molecule has 0 amide bonds. The van der Waals surface area contributed by atoms with Crippen LogP contribution < -0.4 is 0 Å². The van der Waals surface area contributed by atoms with Crippen LogP contribution in [0.2, 0.25) is 0 Å². The fourth-order valence-corrected chi connectivity index (χ4v) is 2.53. The van der Waals surface area contributed by atoms with E-state index in [0.29, 0.717) is 16.7 Å². The monoisotopic (exact) mass is 256 g/mol. The van der Waals surface area contributed by atoms with Gasteiger partial charge in [0, 0.05) is 16.7 Å². The van der Waals surface area contributed by atoms with E-state index < -0.39 is 12.5 Å². The summed E-state index contributed by atoms with van der Waals surface area (Å²) in [6.07, 6.45) is 2.93. The van der Waals surface area contributed by atoms with Gasteiger partial charge in [-0.25, -0.2) is 0 Å². The summed E-state index contributed by atoms with van der Waals surface area (Å²) < 4.78 is 0. The minimum absolute atomic E-state index is 0.131. The lowest BCUT2D eigenvalue weighted by atomic mass is 9.77. The molecule has 0 bridgehead atoms. The van der Waals surface area contributed by atoms with Gasteiger partial charge < -0.3 is 15.3 Å². The lowest BCUT2D eigenvalue weighted by molar-refractivity contribution is 0.0927. The molecule has 0 radical (unpaired) electrons. The molecule has 4 nitrogen and oxygen atoms in total. The van der Waals surface area contributed by atoms with Crippen molar-refractivity contribution >= 4 is 11.9 Å². The summed E-state index contributed by atoms with van der Waals surface area (Å²) in [5.74, 6) is -1.39. The number of benzene rings is 1. The Morgan fingerprint density at radius 2 is 1.84 bits per heavy atom. The SMILES string of the molecule is O=C1c2ccccc2C=C2C(O)=C(CO)C=C(O)[C@@H]12. The molecule has 1 aromatic carbocycles. The van der Waals surface area contributed by atoms with Crippen molar-refractivity contribution in [2.45, 2.75) is 0 Å². The lowest BCUT2D eigenvalue weighted by Gasteiger charge is -2.28. The standard InChI is InChI=1S/C15H12O4/c16-7-9-6-12(17)13-11(14(9)18)5-8-3-1-2-4-10(8)15(13)19/h1-6,13,16-18H,7H2/t13-/m0/s1. The molecule has 1 atom stereocenters. The maximum absolute atomic E-state index is 12.4. The van der Waals surface area contributed by atoms with Crippen LogP contribution in [0.25, 0.3) is 6.08 Å². The predicted molar refractivity (Wildman–Crippen MR) is 69.7 cm³/mol. The number of carbonyl (C=O) groups is 1. The highest BCUT2D eigenvalue weighted by molar-refractivity contribution is 6.08. The van der Waals surface area contributed by atoms with Crippen molar-refractivity contribution in [1.29, 1.82) is 0 Å². The van der Waals surface area contributed by atoms with Gasteiger partial charge in [-0.2, -0.15) is 0 Å². The Kier molecular flexibility index (Phi) is 2.54. The topological polar surface area (TPSA) is 77.8 Å². The molecule has 96 valence electrons. The summed E-state index contributed by atoms with van der Waals surface area (Å²) in [7, 11) is 0. The zero-order chi connectivity index (χ0) is 13.6. The number of hydrogen-bond donors (Lipinski definition) is 3. The average Bonchev–Trinajstić information content (AvgIpc) is 2.42. The van der Waals surface area contributed by atoms with Crippen LogP contribution in [-0.2, 0) is 0 Å². The van der Waals surface area contributed by atoms with Gasteiger partial charge in [-0.3, -0.25) is 4.79 Å². The number of fused-ring (bicyclic) bond motifs is 2. The molecule has 0 aliphatic heterocycles. The molecule has 4 heteroatoms. The zero-order valence-electron chi connectivity index (χ0n) is 10.00. The summed E-state index contributed by atoms with van der Waals surface area (Å²) in [4.78, 5) is 12.4. The van der Waals surface area contributed by atoms with Crippen LogP contribution in [0.3, 0.4) is 0 Å². The van der Waals surface area contributed by atoms with Gasteiger partial charge in [-0.15, -0.1) is 0 Å². The Morgan fingerprint density at radius 3 is 2.58 bits per heavy atom. The van der Waals surface area contributed by atoms with Crippen LogP contribution in [0.1, 0.15) is 15.9 Å². The Hall–Kier alpha value is -2.33. The Balaban J connectivity index is 2.25. The molecular weight excluding hydrogens is 244 g/mol. The van der Waals surface area contributed by atoms with E-state index in [1.165, 1.54) is 6.08 Å². The summed E-state index contributed by atoms with van der Waals surface area (Å²) in [6.45, 7) is -0.393. The van der Waals surface area contributed by atoms with Crippen molar-refractivity contribution in [3.8, 4) is 0 Å². The molecule has 0 fully saturated rings. The molecule has 0 heterocycles. The average molecular weight is 256 g/mol. The molecule has 2 aliphatic carbocycles. The number of ketones is 1. The van der Waals surface area contributed by atoms with Crippen LogP contribution >= 0.6 is 0 Å². The number of aliphatic hydroxyl groups excluding tert-OH is 3. The first-order valence-electron chi connectivity index (χ1n) is 5.92. The quantitative estimate of drug-likeness (QED) is 0.719. The highest BCUT2D eigenvalue weighted by Gasteiger charge is 2.37. The zero-order valence-corrected chi connectivity index (χ0v) is 10.00. The van der Waals surface area contributed by atoms with Gasteiger partial charge in [0.15, 0.2) is 5.78 Å². The van der Waals surface area contributed by atoms with Gasteiger partial charge in [-0.1, -0.05) is 24.3 Å². The highest BCUT2D eigenvalue weighted by atomic mass is 16.3. The molecule has 3 N–H and O–H groups in total. The van der Waals surface area contributed by atoms with Crippen LogP contribution in [0.5, 0.6) is 0 Å². The Morgan fingerprint density at radius 1 is 1.11 bits per heavy atom. The van der Waals surface area contributed by atoms with E-state index in [4.69, 9.17) is 5.11 Å². The maximum Gasteiger partial charge on any atom is 0.178 e. The molecule has 0 saturated carbocycles. The molecular formula is C15H12O4. The second-order valence-electron chi connectivity index (χ2n) is 4.59. The fraction of sp³-hybridized carbons (Fsp3) is 0.133. The van der Waals surface area contributed by atoms with Crippen molar-refractivity contribution in [3.63, 3.8) is 0 Å². The Labute approximate surface area is 109 Å². The summed E-state index contributed by atoms with van der Waals surface area (Å²) in [6, 6.07) is 7.03. The second kappa shape index (κ2) is 4.10. The lowest BCUT2D eigenvalue weighted by Crippen LogP contribution is -2.27. The van der Waals surface area contributed by atoms with E-state index in [-0.39, 0.29) is 22.9 Å². The number of Topliss-reactive ketones (excluding diaryl/α,β-unsaturated/α-hetero) is 1. The highest BCUT2D eigenvalue weighted by Crippen LogP contribution is 2.39. The Bertz CT molecular complexity index is 664. The van der Waals surface area contributed by atoms with Gasteiger partial charge in [0.1, 0.15) is 17.4 Å². The maximum atomic E-state index is 12.4. The van der Waals surface area contributed by atoms with Gasteiger partial charge in [0.05, 0.1) is 6.61 Å². The minimum Gasteiger partial charge on any atom is -0.511 e. The van der Waals surface area contributed by atoms with Gasteiger partial charge in [0.25, 0.3) is 0 Å². The summed E-state index contributed by atoms with van der Waals surface area (Å²) in [5, 5.41) is 29.2. The third-order valence-corrected chi connectivity index (χ3v) is 3.48. The van der Waals surface area contributed by atoms with E-state index in [0.717, 1.165) is 0 Å². The summed E-state index contributed by atoms with van der Waals surface area (Å²) >= 11 is 0. The number of rotatable bonds is 1. The van der Waals surface area contributed by atoms with Crippen molar-refractivity contribution in [3.05, 3.63) is 64.1 Å². The number of aliphatic hydroxyl groups is 3. The third kappa shape index (κ3) is 1.61. The molecule has 19 heavy (non-hydrogen) atoms. The normalized spacial score (nSPS) is 21.5. The van der Waals surface area contributed by atoms with Crippen LogP contribution in [-0.4, -0.2) is 27.7 Å². The van der Waals surface area contributed by atoms with Gasteiger partial charge >= 0.3 is 0 Å². The van der Waals surface area contributed by atoms with Crippen molar-refractivity contribution in [2.75, 3.05) is 6.61 Å². The molecule has 0 saturated heterocycles. The minimum atomic E-state index is -0.870. The first-order valence-corrected chi connectivity index (χ1v) is 5.92. The van der Waals surface area contributed by atoms with E-state index >= 15 is 0 Å². The molecule has 3 rings (SSSR count).